The number of hydrogen-bond donors (Lipinski definition) is 1. The molecule has 0 spiro atoms. The van der Waals surface area contributed by atoms with E-state index in [1.807, 2.05) is 6.92 Å². The molecule has 0 saturated heterocycles. The third-order valence-corrected chi connectivity index (χ3v) is 5.16. The molecule has 1 aromatic rings. The van der Waals surface area contributed by atoms with Gasteiger partial charge in [-0.25, -0.2) is 17.5 Å². The van der Waals surface area contributed by atoms with Crippen LogP contribution >= 0.6 is 15.9 Å². The number of nitrogens with one attached hydrogen (secondary N) is 1. The largest absolute Gasteiger partial charge is 0.243 e. The van der Waals surface area contributed by atoms with Gasteiger partial charge in [-0.05, 0) is 42.9 Å². The molecule has 1 unspecified atom stereocenters. The first-order valence-corrected chi connectivity index (χ1v) is 8.12. The van der Waals surface area contributed by atoms with Gasteiger partial charge in [0.15, 0.2) is 0 Å². The fourth-order valence-electron chi connectivity index (χ4n) is 1.84. The lowest BCUT2D eigenvalue weighted by atomic mass is 10.1. The Bertz CT molecular complexity index is 543. The molecule has 100 valence electrons. The lowest BCUT2D eigenvalue weighted by molar-refractivity contribution is 0.489. The second kappa shape index (κ2) is 5.27. The molecule has 0 heterocycles. The van der Waals surface area contributed by atoms with Crippen molar-refractivity contribution in [2.75, 3.05) is 6.54 Å². The van der Waals surface area contributed by atoms with Crippen LogP contribution in [0, 0.1) is 17.7 Å². The molecule has 1 atom stereocenters. The first-order chi connectivity index (χ1) is 8.40. The summed E-state index contributed by atoms with van der Waals surface area (Å²) in [7, 11) is -3.75. The Labute approximate surface area is 115 Å². The molecule has 1 N–H and O–H groups in total. The summed E-state index contributed by atoms with van der Waals surface area (Å²) in [5, 5.41) is 0. The smallest absolute Gasteiger partial charge is 0.211 e. The van der Waals surface area contributed by atoms with Crippen molar-refractivity contribution in [3.05, 3.63) is 28.5 Å². The highest BCUT2D eigenvalue weighted by molar-refractivity contribution is 9.10. The molecule has 0 amide bonds. The minimum Gasteiger partial charge on any atom is -0.211 e. The Balaban J connectivity index is 2.09. The maximum absolute atomic E-state index is 13.6. The van der Waals surface area contributed by atoms with Crippen molar-refractivity contribution in [1.29, 1.82) is 0 Å². The fourth-order valence-corrected chi connectivity index (χ4v) is 3.38. The zero-order valence-electron chi connectivity index (χ0n) is 9.99. The van der Waals surface area contributed by atoms with Gasteiger partial charge in [-0.1, -0.05) is 22.9 Å². The van der Waals surface area contributed by atoms with Crippen molar-refractivity contribution in [2.24, 2.45) is 11.8 Å². The van der Waals surface area contributed by atoms with Gasteiger partial charge < -0.3 is 0 Å². The summed E-state index contributed by atoms with van der Waals surface area (Å²) in [5.74, 6) is 0.177. The predicted molar refractivity (Wildman–Crippen MR) is 71.2 cm³/mol. The SMILES string of the molecule is CC(CNS(=O)(=O)c1ccc(Br)cc1F)C1CC1. The van der Waals surface area contributed by atoms with E-state index in [2.05, 4.69) is 20.7 Å². The van der Waals surface area contributed by atoms with Crippen molar-refractivity contribution in [3.8, 4) is 0 Å². The molecule has 0 radical (unpaired) electrons. The van der Waals surface area contributed by atoms with E-state index >= 15 is 0 Å². The Kier molecular flexibility index (Phi) is 4.08. The van der Waals surface area contributed by atoms with Gasteiger partial charge >= 0.3 is 0 Å². The Hall–Kier alpha value is -0.460. The first-order valence-electron chi connectivity index (χ1n) is 5.85. The maximum Gasteiger partial charge on any atom is 0.243 e. The molecule has 3 nitrogen and oxygen atoms in total. The van der Waals surface area contributed by atoms with E-state index < -0.39 is 15.8 Å². The average molecular weight is 336 g/mol. The molecule has 1 fully saturated rings. The highest BCUT2D eigenvalue weighted by Crippen LogP contribution is 2.36. The van der Waals surface area contributed by atoms with Gasteiger partial charge in [0.05, 0.1) is 0 Å². The summed E-state index contributed by atoms with van der Waals surface area (Å²) < 4.78 is 40.5. The Morgan fingerprint density at radius 2 is 2.17 bits per heavy atom. The summed E-state index contributed by atoms with van der Waals surface area (Å²) in [6.45, 7) is 2.38. The molecule has 1 aromatic carbocycles. The molecule has 1 saturated carbocycles. The molecule has 6 heteroatoms. The van der Waals surface area contributed by atoms with Crippen LogP contribution in [0.4, 0.5) is 4.39 Å². The molecule has 18 heavy (non-hydrogen) atoms. The van der Waals surface area contributed by atoms with E-state index in [0.717, 1.165) is 18.9 Å². The van der Waals surface area contributed by atoms with Crippen LogP contribution < -0.4 is 4.72 Å². The highest BCUT2D eigenvalue weighted by Gasteiger charge is 2.29. The van der Waals surface area contributed by atoms with E-state index in [-0.39, 0.29) is 4.90 Å². The normalized spacial score (nSPS) is 17.7. The van der Waals surface area contributed by atoms with Gasteiger partial charge in [-0.15, -0.1) is 0 Å². The van der Waals surface area contributed by atoms with E-state index in [9.17, 15) is 12.8 Å². The molecular formula is C12H15BrFNO2S. The van der Waals surface area contributed by atoms with Crippen LogP contribution in [0.15, 0.2) is 27.6 Å². The zero-order valence-corrected chi connectivity index (χ0v) is 12.4. The highest BCUT2D eigenvalue weighted by atomic mass is 79.9. The van der Waals surface area contributed by atoms with Crippen molar-refractivity contribution in [1.82, 2.24) is 4.72 Å². The first kappa shape index (κ1) is 14.0. The standard InChI is InChI=1S/C12H15BrFNO2S/c1-8(9-2-3-9)7-15-18(16,17)12-5-4-10(13)6-11(12)14/h4-6,8-9,15H,2-3,7H2,1H3. The predicted octanol–water partition coefficient (Wildman–Crippen LogP) is 2.91. The quantitative estimate of drug-likeness (QED) is 0.899. The molecule has 1 aliphatic carbocycles. The van der Waals surface area contributed by atoms with E-state index in [4.69, 9.17) is 0 Å². The van der Waals surface area contributed by atoms with Gasteiger partial charge in [0.2, 0.25) is 10.0 Å². The van der Waals surface area contributed by atoms with Gasteiger partial charge in [-0.3, -0.25) is 0 Å². The summed E-state index contributed by atoms with van der Waals surface area (Å²) in [6, 6.07) is 3.93. The molecule has 0 aromatic heterocycles. The van der Waals surface area contributed by atoms with Crippen LogP contribution in [0.25, 0.3) is 0 Å². The summed E-state index contributed by atoms with van der Waals surface area (Å²) in [4.78, 5) is -0.298. The third kappa shape index (κ3) is 3.30. The Morgan fingerprint density at radius 3 is 2.72 bits per heavy atom. The number of benzene rings is 1. The maximum atomic E-state index is 13.6. The monoisotopic (exact) mass is 335 g/mol. The van der Waals surface area contributed by atoms with Gasteiger partial charge in [0, 0.05) is 11.0 Å². The van der Waals surface area contributed by atoms with E-state index in [1.54, 1.807) is 0 Å². The number of hydrogen-bond acceptors (Lipinski definition) is 2. The van der Waals surface area contributed by atoms with Gasteiger partial charge in [0.25, 0.3) is 0 Å². The van der Waals surface area contributed by atoms with Crippen LogP contribution in [0.3, 0.4) is 0 Å². The van der Waals surface area contributed by atoms with Crippen molar-refractivity contribution in [3.63, 3.8) is 0 Å². The second-order valence-corrected chi connectivity index (χ2v) is 7.39. The number of rotatable bonds is 5. The van der Waals surface area contributed by atoms with Crippen molar-refractivity contribution < 1.29 is 12.8 Å². The lowest BCUT2D eigenvalue weighted by Crippen LogP contribution is -2.29. The van der Waals surface area contributed by atoms with E-state index in [1.165, 1.54) is 12.1 Å². The third-order valence-electron chi connectivity index (χ3n) is 3.21. The number of sulfonamides is 1. The van der Waals surface area contributed by atoms with Crippen LogP contribution in [-0.4, -0.2) is 15.0 Å². The van der Waals surface area contributed by atoms with Crippen LogP contribution in [0.5, 0.6) is 0 Å². The van der Waals surface area contributed by atoms with Crippen LogP contribution in [-0.2, 0) is 10.0 Å². The molecule has 0 bridgehead atoms. The molecule has 2 rings (SSSR count). The minimum absolute atomic E-state index is 0.298. The zero-order chi connectivity index (χ0) is 13.3. The summed E-state index contributed by atoms with van der Waals surface area (Å²) in [5.41, 5.74) is 0. The topological polar surface area (TPSA) is 46.2 Å². The Morgan fingerprint density at radius 1 is 1.50 bits per heavy atom. The fraction of sp³-hybridized carbons (Fsp3) is 0.500. The van der Waals surface area contributed by atoms with Gasteiger partial charge in [-0.2, -0.15) is 0 Å². The molecular weight excluding hydrogens is 321 g/mol. The van der Waals surface area contributed by atoms with Crippen LogP contribution in [0.1, 0.15) is 19.8 Å². The molecule has 1 aliphatic rings. The number of halogens is 2. The van der Waals surface area contributed by atoms with Crippen molar-refractivity contribution >= 4 is 26.0 Å². The lowest BCUT2D eigenvalue weighted by Gasteiger charge is -2.12. The van der Waals surface area contributed by atoms with Gasteiger partial charge in [0.1, 0.15) is 10.7 Å². The van der Waals surface area contributed by atoms with E-state index in [0.29, 0.717) is 22.9 Å². The minimum atomic E-state index is -3.75. The second-order valence-electron chi connectivity index (χ2n) is 4.74. The van der Waals surface area contributed by atoms with Crippen molar-refractivity contribution in [2.45, 2.75) is 24.7 Å². The molecule has 0 aliphatic heterocycles. The van der Waals surface area contributed by atoms with Crippen LogP contribution in [0.2, 0.25) is 0 Å². The average Bonchev–Trinajstić information content (AvgIpc) is 3.09. The summed E-state index contributed by atoms with van der Waals surface area (Å²) in [6.07, 6.45) is 2.32. The summed E-state index contributed by atoms with van der Waals surface area (Å²) >= 11 is 3.10.